The molecule has 1 fully saturated rings. The average molecular weight is 340 g/mol. The van der Waals surface area contributed by atoms with Crippen molar-refractivity contribution in [1.82, 2.24) is 4.90 Å². The first-order valence-corrected chi connectivity index (χ1v) is 8.89. The molecular formula is C21H26NO3. The van der Waals surface area contributed by atoms with Crippen LogP contribution in [0.3, 0.4) is 0 Å². The maximum atomic E-state index is 5.96. The molecule has 0 atom stereocenters. The van der Waals surface area contributed by atoms with Gasteiger partial charge in [0.1, 0.15) is 23.9 Å². The summed E-state index contributed by atoms with van der Waals surface area (Å²) in [4.78, 5) is 2.47. The molecule has 0 unspecified atom stereocenters. The number of hydrogen-bond donors (Lipinski definition) is 0. The van der Waals surface area contributed by atoms with Crippen LogP contribution in [0.4, 0.5) is 0 Å². The van der Waals surface area contributed by atoms with Crippen LogP contribution in [0.1, 0.15) is 19.3 Å². The summed E-state index contributed by atoms with van der Waals surface area (Å²) in [7, 11) is 3.34. The van der Waals surface area contributed by atoms with Crippen LogP contribution in [0.15, 0.2) is 36.4 Å². The standard InChI is InChI=1S/C21H26NO3/c1-23-19-8-6-17(7-9-19)18-14-20(24-2)16-21(15-18)25-13-12-22-10-4-3-5-11-22/h6-9,14,16H,3-5,10-13H2,1-2H3. The van der Waals surface area contributed by atoms with Crippen molar-refractivity contribution >= 4 is 0 Å². The first kappa shape index (κ1) is 17.6. The number of rotatable bonds is 7. The third kappa shape index (κ3) is 4.89. The SMILES string of the molecule is COc1ccc(-c2[c]c(OCCN3CCCCC3)cc(OC)c2)cc1. The van der Waals surface area contributed by atoms with E-state index in [0.29, 0.717) is 6.61 Å². The van der Waals surface area contributed by atoms with Gasteiger partial charge in [-0.25, -0.2) is 0 Å². The zero-order valence-corrected chi connectivity index (χ0v) is 15.1. The number of hydrogen-bond acceptors (Lipinski definition) is 4. The van der Waals surface area contributed by atoms with E-state index < -0.39 is 0 Å². The second kappa shape index (κ2) is 8.77. The minimum Gasteiger partial charge on any atom is -0.497 e. The van der Waals surface area contributed by atoms with Crippen molar-refractivity contribution in [2.45, 2.75) is 19.3 Å². The Balaban J connectivity index is 1.68. The number of likely N-dealkylation sites (tertiary alicyclic amines) is 1. The Kier molecular flexibility index (Phi) is 6.18. The summed E-state index contributed by atoms with van der Waals surface area (Å²) < 4.78 is 16.6. The van der Waals surface area contributed by atoms with Crippen molar-refractivity contribution in [3.8, 4) is 28.4 Å². The van der Waals surface area contributed by atoms with Gasteiger partial charge >= 0.3 is 0 Å². The number of methoxy groups -OCH3 is 2. The van der Waals surface area contributed by atoms with Crippen molar-refractivity contribution in [3.63, 3.8) is 0 Å². The minimum atomic E-state index is 0.672. The topological polar surface area (TPSA) is 30.9 Å². The van der Waals surface area contributed by atoms with E-state index in [-0.39, 0.29) is 0 Å². The zero-order chi connectivity index (χ0) is 17.5. The number of ether oxygens (including phenoxy) is 3. The van der Waals surface area contributed by atoms with Crippen LogP contribution in [0.2, 0.25) is 0 Å². The van der Waals surface area contributed by atoms with E-state index in [1.165, 1.54) is 32.4 Å². The van der Waals surface area contributed by atoms with Gasteiger partial charge in [-0.3, -0.25) is 4.90 Å². The molecule has 0 aromatic heterocycles. The molecule has 0 spiro atoms. The highest BCUT2D eigenvalue weighted by Gasteiger charge is 2.10. The Morgan fingerprint density at radius 3 is 2.32 bits per heavy atom. The van der Waals surface area contributed by atoms with E-state index >= 15 is 0 Å². The molecule has 0 N–H and O–H groups in total. The first-order valence-electron chi connectivity index (χ1n) is 8.89. The van der Waals surface area contributed by atoms with Crippen LogP contribution < -0.4 is 14.2 Å². The fourth-order valence-electron chi connectivity index (χ4n) is 3.11. The molecule has 25 heavy (non-hydrogen) atoms. The molecule has 4 heteroatoms. The summed E-state index contributed by atoms with van der Waals surface area (Å²) in [6.45, 7) is 4.00. The molecule has 1 saturated heterocycles. The van der Waals surface area contributed by atoms with E-state index in [9.17, 15) is 0 Å². The van der Waals surface area contributed by atoms with Gasteiger partial charge in [-0.15, -0.1) is 0 Å². The molecule has 4 nitrogen and oxygen atoms in total. The number of nitrogens with zero attached hydrogens (tertiary/aromatic N) is 1. The summed E-state index contributed by atoms with van der Waals surface area (Å²) in [6, 6.07) is 15.1. The highest BCUT2D eigenvalue weighted by Crippen LogP contribution is 2.30. The summed E-state index contributed by atoms with van der Waals surface area (Å²) in [5.41, 5.74) is 2.01. The van der Waals surface area contributed by atoms with E-state index in [0.717, 1.165) is 34.9 Å². The highest BCUT2D eigenvalue weighted by molar-refractivity contribution is 5.67. The lowest BCUT2D eigenvalue weighted by Gasteiger charge is -2.26. The van der Waals surface area contributed by atoms with Gasteiger partial charge < -0.3 is 14.2 Å². The Morgan fingerprint density at radius 2 is 1.64 bits per heavy atom. The van der Waals surface area contributed by atoms with Crippen LogP contribution in [-0.2, 0) is 0 Å². The predicted octanol–water partition coefficient (Wildman–Crippen LogP) is 4.04. The van der Waals surface area contributed by atoms with Crippen molar-refractivity contribution in [2.24, 2.45) is 0 Å². The molecule has 0 saturated carbocycles. The third-order valence-electron chi connectivity index (χ3n) is 4.57. The fraction of sp³-hybridized carbons (Fsp3) is 0.429. The average Bonchev–Trinajstić information content (AvgIpc) is 2.68. The van der Waals surface area contributed by atoms with Crippen LogP contribution in [-0.4, -0.2) is 45.4 Å². The van der Waals surface area contributed by atoms with Gasteiger partial charge in [0.05, 0.1) is 14.2 Å². The van der Waals surface area contributed by atoms with E-state index in [1.54, 1.807) is 14.2 Å². The van der Waals surface area contributed by atoms with Crippen molar-refractivity contribution < 1.29 is 14.2 Å². The molecule has 0 amide bonds. The van der Waals surface area contributed by atoms with Crippen LogP contribution in [0, 0.1) is 6.07 Å². The second-order valence-electron chi connectivity index (χ2n) is 6.28. The van der Waals surface area contributed by atoms with E-state index in [2.05, 4.69) is 11.0 Å². The second-order valence-corrected chi connectivity index (χ2v) is 6.28. The van der Waals surface area contributed by atoms with Crippen LogP contribution in [0.5, 0.6) is 17.2 Å². The van der Waals surface area contributed by atoms with Gasteiger partial charge in [0, 0.05) is 18.7 Å². The highest BCUT2D eigenvalue weighted by atomic mass is 16.5. The van der Waals surface area contributed by atoms with Gasteiger partial charge in [0.25, 0.3) is 0 Å². The van der Waals surface area contributed by atoms with Crippen molar-refractivity contribution in [1.29, 1.82) is 0 Å². The van der Waals surface area contributed by atoms with Gasteiger partial charge in [0.15, 0.2) is 0 Å². The molecule has 0 bridgehead atoms. The maximum absolute atomic E-state index is 5.96. The van der Waals surface area contributed by atoms with Crippen molar-refractivity contribution in [2.75, 3.05) is 40.5 Å². The maximum Gasteiger partial charge on any atom is 0.131 e. The van der Waals surface area contributed by atoms with E-state index in [1.807, 2.05) is 36.4 Å². The quantitative estimate of drug-likeness (QED) is 0.761. The Morgan fingerprint density at radius 1 is 0.920 bits per heavy atom. The predicted molar refractivity (Wildman–Crippen MR) is 99.6 cm³/mol. The lowest BCUT2D eigenvalue weighted by Crippen LogP contribution is -2.33. The molecule has 133 valence electrons. The van der Waals surface area contributed by atoms with Crippen LogP contribution in [0.25, 0.3) is 11.1 Å². The molecule has 1 aliphatic heterocycles. The molecule has 1 aliphatic rings. The Hall–Kier alpha value is -2.20. The third-order valence-corrected chi connectivity index (χ3v) is 4.57. The molecule has 0 aliphatic carbocycles. The van der Waals surface area contributed by atoms with Gasteiger partial charge in [0.2, 0.25) is 0 Å². The largest absolute Gasteiger partial charge is 0.497 e. The van der Waals surface area contributed by atoms with Crippen LogP contribution >= 0.6 is 0 Å². The summed E-state index contributed by atoms with van der Waals surface area (Å²) in [6.07, 6.45) is 3.95. The summed E-state index contributed by atoms with van der Waals surface area (Å²) in [5, 5.41) is 0. The molecule has 2 aromatic carbocycles. The monoisotopic (exact) mass is 340 g/mol. The Bertz CT molecular complexity index is 663. The van der Waals surface area contributed by atoms with E-state index in [4.69, 9.17) is 14.2 Å². The lowest BCUT2D eigenvalue weighted by atomic mass is 10.0. The lowest BCUT2D eigenvalue weighted by molar-refractivity contribution is 0.183. The molecular weight excluding hydrogens is 314 g/mol. The molecule has 1 radical (unpaired) electrons. The number of piperidine rings is 1. The molecule has 1 heterocycles. The van der Waals surface area contributed by atoms with Crippen molar-refractivity contribution in [3.05, 3.63) is 42.5 Å². The van der Waals surface area contributed by atoms with Gasteiger partial charge in [-0.05, 0) is 55.3 Å². The van der Waals surface area contributed by atoms with Gasteiger partial charge in [-0.2, -0.15) is 0 Å². The number of benzene rings is 2. The molecule has 3 rings (SSSR count). The zero-order valence-electron chi connectivity index (χ0n) is 15.1. The smallest absolute Gasteiger partial charge is 0.131 e. The van der Waals surface area contributed by atoms with Gasteiger partial charge in [-0.1, -0.05) is 18.6 Å². The minimum absolute atomic E-state index is 0.672. The normalized spacial score (nSPS) is 15.0. The summed E-state index contributed by atoms with van der Waals surface area (Å²) >= 11 is 0. The fourth-order valence-corrected chi connectivity index (χ4v) is 3.11. The first-order chi connectivity index (χ1) is 12.3. The summed E-state index contributed by atoms with van der Waals surface area (Å²) in [5.74, 6) is 2.34. The Labute approximate surface area is 150 Å². The molecule has 2 aromatic rings.